The van der Waals surface area contributed by atoms with E-state index in [2.05, 4.69) is 15.2 Å². The largest absolute Gasteiger partial charge is 0.493 e. The standard InChI is InChI=1S/C27H29F5N4O4/c1-13-20(17-5-6-18(28)21(29)22(17)39-4)23(40-26(13,2)27(30,31)32)24(37)34-14-7-8-33-19(9-14)25(38)36-11-15-10-16(12-36)35(15)3/h5-9,13,15-16,20,23H,10-12H2,1-4H3,(H,33,34,37)/t13-,15?,16?,20-,23+,26+/m0/s1. The first-order valence-electron chi connectivity index (χ1n) is 12.8. The number of piperidine rings is 1. The number of carbonyl (C=O) groups excluding carboxylic acids is 2. The van der Waals surface area contributed by atoms with E-state index in [0.29, 0.717) is 13.1 Å². The van der Waals surface area contributed by atoms with Crippen LogP contribution in [0.25, 0.3) is 0 Å². The van der Waals surface area contributed by atoms with Gasteiger partial charge in [-0.05, 0) is 38.6 Å². The van der Waals surface area contributed by atoms with Crippen LogP contribution in [0.2, 0.25) is 0 Å². The molecular formula is C27H29F5N4O4. The molecule has 4 fully saturated rings. The fourth-order valence-electron chi connectivity index (χ4n) is 6.00. The zero-order valence-electron chi connectivity index (χ0n) is 22.3. The van der Waals surface area contributed by atoms with Crippen molar-refractivity contribution < 1.29 is 41.0 Å². The Hall–Kier alpha value is -3.32. The van der Waals surface area contributed by atoms with Gasteiger partial charge in [0, 0.05) is 54.5 Å². The lowest BCUT2D eigenvalue weighted by Crippen LogP contribution is -2.67. The zero-order valence-corrected chi connectivity index (χ0v) is 22.3. The van der Waals surface area contributed by atoms with E-state index in [4.69, 9.17) is 9.47 Å². The molecule has 6 atom stereocenters. The molecule has 40 heavy (non-hydrogen) atoms. The first-order chi connectivity index (χ1) is 18.8. The Balaban J connectivity index is 1.43. The Morgan fingerprint density at radius 2 is 1.85 bits per heavy atom. The van der Waals surface area contributed by atoms with Gasteiger partial charge in [-0.15, -0.1) is 0 Å². The molecule has 0 spiro atoms. The van der Waals surface area contributed by atoms with Crippen LogP contribution in [-0.2, 0) is 9.53 Å². The van der Waals surface area contributed by atoms with Crippen LogP contribution < -0.4 is 10.1 Å². The molecule has 13 heteroatoms. The minimum absolute atomic E-state index is 0.0708. The van der Waals surface area contributed by atoms with Gasteiger partial charge in [-0.25, -0.2) is 4.39 Å². The number of aromatic nitrogens is 1. The molecule has 1 N–H and O–H groups in total. The van der Waals surface area contributed by atoms with Gasteiger partial charge in [0.2, 0.25) is 5.82 Å². The maximum atomic E-state index is 14.6. The molecule has 0 radical (unpaired) electrons. The third kappa shape index (κ3) is 4.48. The van der Waals surface area contributed by atoms with Gasteiger partial charge in [-0.3, -0.25) is 19.5 Å². The smallest absolute Gasteiger partial charge is 0.417 e. The van der Waals surface area contributed by atoms with Crippen molar-refractivity contribution in [3.8, 4) is 5.75 Å². The summed E-state index contributed by atoms with van der Waals surface area (Å²) in [6, 6.07) is 5.15. The van der Waals surface area contributed by atoms with Gasteiger partial charge < -0.3 is 19.7 Å². The number of amides is 2. The first kappa shape index (κ1) is 28.2. The molecule has 4 aliphatic rings. The minimum atomic E-state index is -4.88. The molecule has 2 unspecified atom stereocenters. The van der Waals surface area contributed by atoms with Crippen LogP contribution in [0, 0.1) is 17.6 Å². The van der Waals surface area contributed by atoms with Crippen molar-refractivity contribution in [3.05, 3.63) is 53.4 Å². The van der Waals surface area contributed by atoms with E-state index >= 15 is 0 Å². The molecule has 6 rings (SSSR count). The topological polar surface area (TPSA) is 84.0 Å². The molecule has 5 heterocycles. The van der Waals surface area contributed by atoms with Gasteiger partial charge in [0.05, 0.1) is 7.11 Å². The van der Waals surface area contributed by atoms with Crippen molar-refractivity contribution in [2.45, 2.75) is 56.2 Å². The number of benzene rings is 1. The minimum Gasteiger partial charge on any atom is -0.493 e. The summed E-state index contributed by atoms with van der Waals surface area (Å²) < 4.78 is 81.4. The van der Waals surface area contributed by atoms with E-state index < -0.39 is 53.0 Å². The van der Waals surface area contributed by atoms with Gasteiger partial charge in [-0.1, -0.05) is 13.0 Å². The molecule has 2 bridgehead atoms. The van der Waals surface area contributed by atoms with Crippen LogP contribution in [0.15, 0.2) is 30.5 Å². The Morgan fingerprint density at radius 3 is 2.45 bits per heavy atom. The van der Waals surface area contributed by atoms with Crippen LogP contribution in [0.3, 0.4) is 0 Å². The number of anilines is 1. The summed E-state index contributed by atoms with van der Waals surface area (Å²) >= 11 is 0. The number of methoxy groups -OCH3 is 1. The van der Waals surface area contributed by atoms with Crippen LogP contribution >= 0.6 is 0 Å². The highest BCUT2D eigenvalue weighted by molar-refractivity contribution is 5.98. The van der Waals surface area contributed by atoms with Crippen LogP contribution in [-0.4, -0.2) is 83.8 Å². The highest BCUT2D eigenvalue weighted by Gasteiger charge is 2.66. The number of nitrogens with zero attached hydrogens (tertiary/aromatic N) is 3. The van der Waals surface area contributed by atoms with Crippen molar-refractivity contribution in [3.63, 3.8) is 0 Å². The van der Waals surface area contributed by atoms with E-state index in [1.165, 1.54) is 25.3 Å². The van der Waals surface area contributed by atoms with E-state index in [0.717, 1.165) is 32.6 Å². The summed E-state index contributed by atoms with van der Waals surface area (Å²) in [5, 5.41) is 2.52. The molecule has 0 aliphatic carbocycles. The molecule has 2 aromatic rings. The maximum Gasteiger partial charge on any atom is 0.417 e. The van der Waals surface area contributed by atoms with Crippen LogP contribution in [0.4, 0.5) is 27.6 Å². The number of nitrogens with one attached hydrogen (secondary N) is 1. The molecule has 1 aromatic heterocycles. The molecule has 1 aromatic carbocycles. The van der Waals surface area contributed by atoms with Crippen LogP contribution in [0.1, 0.15) is 42.2 Å². The monoisotopic (exact) mass is 568 g/mol. The van der Waals surface area contributed by atoms with Gasteiger partial charge in [-0.2, -0.15) is 17.6 Å². The highest BCUT2D eigenvalue weighted by atomic mass is 19.4. The quantitative estimate of drug-likeness (QED) is 0.550. The van der Waals surface area contributed by atoms with E-state index in [1.54, 1.807) is 4.90 Å². The second kappa shape index (κ2) is 9.95. The summed E-state index contributed by atoms with van der Waals surface area (Å²) in [7, 11) is 3.06. The summed E-state index contributed by atoms with van der Waals surface area (Å²) in [5.41, 5.74) is -2.73. The number of halogens is 5. The third-order valence-electron chi connectivity index (χ3n) is 8.66. The molecular weight excluding hydrogens is 539 g/mol. The molecule has 2 amide bonds. The van der Waals surface area contributed by atoms with Gasteiger partial charge in [0.15, 0.2) is 17.2 Å². The van der Waals surface area contributed by atoms with Crippen molar-refractivity contribution in [1.82, 2.24) is 14.8 Å². The highest BCUT2D eigenvalue weighted by Crippen LogP contribution is 2.55. The van der Waals surface area contributed by atoms with E-state index in [-0.39, 0.29) is 34.9 Å². The number of ether oxygens (including phenoxy) is 2. The van der Waals surface area contributed by atoms with Gasteiger partial charge >= 0.3 is 6.18 Å². The van der Waals surface area contributed by atoms with Crippen molar-refractivity contribution in [2.24, 2.45) is 5.92 Å². The second-order valence-corrected chi connectivity index (χ2v) is 10.8. The number of piperazine rings is 1. The van der Waals surface area contributed by atoms with Crippen LogP contribution in [0.5, 0.6) is 5.75 Å². The number of hydrogen-bond donors (Lipinski definition) is 1. The van der Waals surface area contributed by atoms with Gasteiger partial charge in [0.25, 0.3) is 11.8 Å². The average molecular weight is 569 g/mol. The van der Waals surface area contributed by atoms with Crippen molar-refractivity contribution in [1.29, 1.82) is 0 Å². The molecule has 216 valence electrons. The SMILES string of the molecule is COc1c([C@H]2[C@H](C(=O)Nc3ccnc(C(=O)N4CC5CC(C4)N5C)c3)O[C@@](C)(C(F)(F)F)[C@H]2C)ccc(F)c1F. The number of pyridine rings is 1. The lowest BCUT2D eigenvalue weighted by atomic mass is 9.77. The maximum absolute atomic E-state index is 14.6. The Kier molecular flexibility index (Phi) is 7.02. The predicted octanol–water partition coefficient (Wildman–Crippen LogP) is 3.98. The lowest BCUT2D eigenvalue weighted by Gasteiger charge is -2.54. The molecule has 4 saturated heterocycles. The van der Waals surface area contributed by atoms with Gasteiger partial charge in [0.1, 0.15) is 11.8 Å². The molecule has 0 saturated carbocycles. The number of carbonyl (C=O) groups is 2. The number of rotatable bonds is 5. The van der Waals surface area contributed by atoms with E-state index in [9.17, 15) is 31.5 Å². The summed E-state index contributed by atoms with van der Waals surface area (Å²) in [6.45, 7) is 3.14. The average Bonchev–Trinajstić information content (AvgIpc) is 3.21. The Morgan fingerprint density at radius 1 is 1.18 bits per heavy atom. The van der Waals surface area contributed by atoms with Crippen molar-refractivity contribution in [2.75, 3.05) is 32.6 Å². The van der Waals surface area contributed by atoms with E-state index in [1.807, 2.05) is 7.05 Å². The summed E-state index contributed by atoms with van der Waals surface area (Å²) in [4.78, 5) is 34.5. The summed E-state index contributed by atoms with van der Waals surface area (Å²) in [6.07, 6.45) is -4.31. The molecule has 8 nitrogen and oxygen atoms in total. The Bertz CT molecular complexity index is 1330. The number of hydrogen-bond acceptors (Lipinski definition) is 6. The zero-order chi connectivity index (χ0) is 29.1. The number of likely N-dealkylation sites (N-methyl/N-ethyl adjacent to an activating group) is 1. The molecule has 4 aliphatic heterocycles. The lowest BCUT2D eigenvalue weighted by molar-refractivity contribution is -0.272. The number of fused-ring (bicyclic) bond motifs is 2. The fraction of sp³-hybridized carbons (Fsp3) is 0.519. The summed E-state index contributed by atoms with van der Waals surface area (Å²) in [5.74, 6) is -7.26. The third-order valence-corrected chi connectivity index (χ3v) is 8.66. The first-order valence-corrected chi connectivity index (χ1v) is 12.8. The predicted molar refractivity (Wildman–Crippen MR) is 133 cm³/mol. The number of alkyl halides is 3. The second-order valence-electron chi connectivity index (χ2n) is 10.8. The Labute approximate surface area is 227 Å². The normalized spacial score (nSPS) is 30.1. The fourth-order valence-corrected chi connectivity index (χ4v) is 6.00. The van der Waals surface area contributed by atoms with Crippen molar-refractivity contribution >= 4 is 17.5 Å².